The number of anilines is 1. The minimum atomic E-state index is 0.686. The molecule has 6 nitrogen and oxygen atoms in total. The predicted octanol–water partition coefficient (Wildman–Crippen LogP) is 2.38. The van der Waals surface area contributed by atoms with E-state index in [1.165, 1.54) is 29.2 Å². The van der Waals surface area contributed by atoms with Crippen LogP contribution in [0.4, 0.5) is 5.13 Å². The van der Waals surface area contributed by atoms with Gasteiger partial charge >= 0.3 is 0 Å². The molecule has 3 rings (SSSR count). The molecule has 7 heteroatoms. The summed E-state index contributed by atoms with van der Waals surface area (Å²) in [5, 5.41) is 10.1. The van der Waals surface area contributed by atoms with Gasteiger partial charge in [0.05, 0.1) is 12.2 Å². The average Bonchev–Trinajstić information content (AvgIpc) is 3.34. The van der Waals surface area contributed by atoms with Gasteiger partial charge in [-0.1, -0.05) is 0 Å². The molecule has 0 unspecified atom stereocenters. The molecular weight excluding hydrogens is 332 g/mol. The van der Waals surface area contributed by atoms with E-state index in [1.54, 1.807) is 11.3 Å². The number of rotatable bonds is 7. The van der Waals surface area contributed by atoms with Crippen LogP contribution in [0.15, 0.2) is 28.8 Å². The maximum atomic E-state index is 4.77. The number of hydrogen-bond acceptors (Lipinski definition) is 4. The zero-order valence-electron chi connectivity index (χ0n) is 15.2. The molecule has 3 heterocycles. The van der Waals surface area contributed by atoms with Crippen LogP contribution in [0.5, 0.6) is 0 Å². The highest BCUT2D eigenvalue weighted by Gasteiger charge is 2.15. The molecule has 0 saturated carbocycles. The van der Waals surface area contributed by atoms with Crippen molar-refractivity contribution in [2.24, 2.45) is 12.0 Å². The van der Waals surface area contributed by atoms with E-state index in [0.29, 0.717) is 6.54 Å². The Labute approximate surface area is 154 Å². The van der Waals surface area contributed by atoms with E-state index in [-0.39, 0.29) is 0 Å². The molecule has 2 aromatic rings. The smallest absolute Gasteiger partial charge is 0.191 e. The molecule has 0 amide bonds. The second kappa shape index (κ2) is 8.89. The number of nitrogens with one attached hydrogen (secondary N) is 2. The molecular formula is C18H28N6S. The van der Waals surface area contributed by atoms with Gasteiger partial charge in [0, 0.05) is 57.4 Å². The van der Waals surface area contributed by atoms with Gasteiger partial charge in [-0.15, -0.1) is 11.3 Å². The van der Waals surface area contributed by atoms with Crippen molar-refractivity contribution < 1.29 is 0 Å². The normalized spacial score (nSPS) is 15.0. The molecule has 0 spiro atoms. The Morgan fingerprint density at radius 1 is 1.32 bits per heavy atom. The number of aromatic nitrogens is 2. The fourth-order valence-electron chi connectivity index (χ4n) is 2.94. The minimum Gasteiger partial charge on any atom is -0.357 e. The van der Waals surface area contributed by atoms with E-state index < -0.39 is 0 Å². The minimum absolute atomic E-state index is 0.686. The Morgan fingerprint density at radius 3 is 2.88 bits per heavy atom. The Morgan fingerprint density at radius 2 is 2.16 bits per heavy atom. The topological polar surface area (TPSA) is 57.5 Å². The summed E-state index contributed by atoms with van der Waals surface area (Å²) < 4.78 is 2.05. The SMILES string of the molecule is CCNC(=NCc1ccn(C)c1)NCCc1csc(N2CCCC2)n1. The number of aryl methyl sites for hydroxylation is 1. The van der Waals surface area contributed by atoms with Crippen molar-refractivity contribution in [1.29, 1.82) is 0 Å². The van der Waals surface area contributed by atoms with Gasteiger partial charge in [0.15, 0.2) is 11.1 Å². The van der Waals surface area contributed by atoms with Crippen molar-refractivity contribution in [1.82, 2.24) is 20.2 Å². The van der Waals surface area contributed by atoms with Crippen molar-refractivity contribution in [2.75, 3.05) is 31.1 Å². The lowest BCUT2D eigenvalue weighted by atomic mass is 10.3. The van der Waals surface area contributed by atoms with Gasteiger partial charge in [-0.25, -0.2) is 9.98 Å². The molecule has 2 N–H and O–H groups in total. The summed E-state index contributed by atoms with van der Waals surface area (Å²) in [4.78, 5) is 11.8. The fourth-order valence-corrected chi connectivity index (χ4v) is 3.85. The summed E-state index contributed by atoms with van der Waals surface area (Å²) in [6.45, 7) is 6.78. The lowest BCUT2D eigenvalue weighted by molar-refractivity contribution is 0.789. The molecule has 1 fully saturated rings. The zero-order valence-corrected chi connectivity index (χ0v) is 16.0. The molecule has 0 aliphatic carbocycles. The van der Waals surface area contributed by atoms with Crippen molar-refractivity contribution in [3.63, 3.8) is 0 Å². The quantitative estimate of drug-likeness (QED) is 0.588. The molecule has 0 bridgehead atoms. The average molecular weight is 361 g/mol. The van der Waals surface area contributed by atoms with Crippen LogP contribution in [-0.4, -0.2) is 41.7 Å². The third kappa shape index (κ3) is 5.22. The van der Waals surface area contributed by atoms with Gasteiger partial charge in [-0.2, -0.15) is 0 Å². The van der Waals surface area contributed by atoms with Gasteiger partial charge in [-0.05, 0) is 31.4 Å². The maximum absolute atomic E-state index is 4.77. The van der Waals surface area contributed by atoms with Crippen LogP contribution in [0.2, 0.25) is 0 Å². The summed E-state index contributed by atoms with van der Waals surface area (Å²) >= 11 is 1.76. The van der Waals surface area contributed by atoms with Crippen molar-refractivity contribution in [3.05, 3.63) is 35.1 Å². The van der Waals surface area contributed by atoms with E-state index in [1.807, 2.05) is 17.8 Å². The molecule has 0 atom stereocenters. The van der Waals surface area contributed by atoms with Gasteiger partial charge in [0.2, 0.25) is 0 Å². The fraction of sp³-hybridized carbons (Fsp3) is 0.556. The summed E-state index contributed by atoms with van der Waals surface area (Å²) in [5.74, 6) is 0.862. The zero-order chi connectivity index (χ0) is 17.5. The Hall–Kier alpha value is -2.02. The first kappa shape index (κ1) is 17.8. The number of thiazole rings is 1. The van der Waals surface area contributed by atoms with E-state index in [9.17, 15) is 0 Å². The molecule has 0 radical (unpaired) electrons. The standard InChI is InChI=1S/C18H28N6S/c1-3-19-17(21-12-15-7-11-23(2)13-15)20-8-6-16-14-25-18(22-16)24-9-4-5-10-24/h7,11,13-14H,3-6,8-10,12H2,1-2H3,(H2,19,20,21). The predicted molar refractivity (Wildman–Crippen MR) is 105 cm³/mol. The van der Waals surface area contributed by atoms with E-state index in [2.05, 4.69) is 45.1 Å². The largest absolute Gasteiger partial charge is 0.357 e. The summed E-state index contributed by atoms with van der Waals surface area (Å²) in [5.41, 5.74) is 2.38. The van der Waals surface area contributed by atoms with Gasteiger partial charge in [0.25, 0.3) is 0 Å². The van der Waals surface area contributed by atoms with Gasteiger partial charge in [-0.3, -0.25) is 0 Å². The van der Waals surface area contributed by atoms with E-state index in [0.717, 1.165) is 38.6 Å². The van der Waals surface area contributed by atoms with Crippen molar-refractivity contribution in [3.8, 4) is 0 Å². The molecule has 1 aliphatic heterocycles. The summed E-state index contributed by atoms with van der Waals surface area (Å²) in [6, 6.07) is 2.10. The summed E-state index contributed by atoms with van der Waals surface area (Å²) in [7, 11) is 2.03. The Balaban J connectivity index is 1.47. The first-order valence-corrected chi connectivity index (χ1v) is 9.95. The Kier molecular flexibility index (Phi) is 6.33. The third-order valence-electron chi connectivity index (χ3n) is 4.25. The molecule has 2 aromatic heterocycles. The molecule has 1 aliphatic rings. The van der Waals surface area contributed by atoms with Crippen LogP contribution in [0, 0.1) is 0 Å². The van der Waals surface area contributed by atoms with Crippen molar-refractivity contribution >= 4 is 22.4 Å². The summed E-state index contributed by atoms with van der Waals surface area (Å²) in [6.07, 6.45) is 7.65. The number of aliphatic imine (C=N–C) groups is 1. The van der Waals surface area contributed by atoms with Crippen LogP contribution in [0.1, 0.15) is 31.0 Å². The number of nitrogens with zero attached hydrogens (tertiary/aromatic N) is 4. The first-order valence-electron chi connectivity index (χ1n) is 9.07. The maximum Gasteiger partial charge on any atom is 0.191 e. The van der Waals surface area contributed by atoms with Crippen LogP contribution >= 0.6 is 11.3 Å². The van der Waals surface area contributed by atoms with Gasteiger partial charge in [0.1, 0.15) is 0 Å². The molecule has 0 aromatic carbocycles. The Bertz CT molecular complexity index is 683. The van der Waals surface area contributed by atoms with Crippen LogP contribution in [0.3, 0.4) is 0 Å². The van der Waals surface area contributed by atoms with Gasteiger partial charge < -0.3 is 20.1 Å². The van der Waals surface area contributed by atoms with Crippen molar-refractivity contribution in [2.45, 2.75) is 32.7 Å². The highest BCUT2D eigenvalue weighted by Crippen LogP contribution is 2.24. The lowest BCUT2D eigenvalue weighted by Gasteiger charge is -2.12. The first-order chi connectivity index (χ1) is 12.2. The molecule has 25 heavy (non-hydrogen) atoms. The number of hydrogen-bond donors (Lipinski definition) is 2. The van der Waals surface area contributed by atoms with E-state index in [4.69, 9.17) is 4.98 Å². The van der Waals surface area contributed by atoms with Crippen LogP contribution in [-0.2, 0) is 20.0 Å². The monoisotopic (exact) mass is 360 g/mol. The second-order valence-corrected chi connectivity index (χ2v) is 7.21. The number of guanidine groups is 1. The molecule has 136 valence electrons. The highest BCUT2D eigenvalue weighted by atomic mass is 32.1. The van der Waals surface area contributed by atoms with Crippen LogP contribution in [0.25, 0.3) is 0 Å². The highest BCUT2D eigenvalue weighted by molar-refractivity contribution is 7.13. The van der Waals surface area contributed by atoms with Crippen LogP contribution < -0.4 is 15.5 Å². The third-order valence-corrected chi connectivity index (χ3v) is 5.20. The molecule has 1 saturated heterocycles. The van der Waals surface area contributed by atoms with E-state index >= 15 is 0 Å². The second-order valence-electron chi connectivity index (χ2n) is 6.37. The lowest BCUT2D eigenvalue weighted by Crippen LogP contribution is -2.38.